The van der Waals surface area contributed by atoms with Crippen molar-refractivity contribution in [2.75, 3.05) is 4.90 Å². The summed E-state index contributed by atoms with van der Waals surface area (Å²) in [4.78, 5) is 2.52. The van der Waals surface area contributed by atoms with Gasteiger partial charge in [0.1, 0.15) is 0 Å². The molecule has 0 aliphatic heterocycles. The zero-order valence-corrected chi connectivity index (χ0v) is 37.9. The quantitative estimate of drug-likeness (QED) is 0.154. The van der Waals surface area contributed by atoms with Crippen LogP contribution in [0.2, 0.25) is 0 Å². The summed E-state index contributed by atoms with van der Waals surface area (Å²) < 4.78 is 0. The molecule has 11 aromatic rings. The molecule has 1 spiro atoms. The van der Waals surface area contributed by atoms with E-state index in [1.807, 2.05) is 0 Å². The number of benzene rings is 11. The molecule has 3 aliphatic rings. The van der Waals surface area contributed by atoms with Crippen molar-refractivity contribution in [3.63, 3.8) is 0 Å². The van der Waals surface area contributed by atoms with Gasteiger partial charge in [-0.2, -0.15) is 0 Å². The van der Waals surface area contributed by atoms with Crippen LogP contribution >= 0.6 is 0 Å². The lowest BCUT2D eigenvalue weighted by molar-refractivity contribution is 0.768. The minimum absolute atomic E-state index is 0.453. The van der Waals surface area contributed by atoms with Crippen LogP contribution in [0.25, 0.3) is 55.6 Å². The summed E-state index contributed by atoms with van der Waals surface area (Å²) in [6.07, 6.45) is 0. The van der Waals surface area contributed by atoms with E-state index in [9.17, 15) is 0 Å². The molecule has 1 heteroatoms. The van der Waals surface area contributed by atoms with Crippen molar-refractivity contribution in [3.05, 3.63) is 317 Å². The van der Waals surface area contributed by atoms with Crippen LogP contribution in [-0.4, -0.2) is 0 Å². The first-order valence-electron chi connectivity index (χ1n) is 24.1. The Morgan fingerprint density at radius 2 is 0.667 bits per heavy atom. The largest absolute Gasteiger partial charge is 0.310 e. The van der Waals surface area contributed by atoms with Crippen LogP contribution in [0.5, 0.6) is 0 Å². The molecule has 0 atom stereocenters. The van der Waals surface area contributed by atoms with Gasteiger partial charge in [-0.05, 0) is 125 Å². The van der Waals surface area contributed by atoms with Crippen LogP contribution < -0.4 is 4.90 Å². The molecule has 0 aromatic heterocycles. The van der Waals surface area contributed by atoms with Crippen molar-refractivity contribution in [1.29, 1.82) is 0 Å². The third-order valence-electron chi connectivity index (χ3n) is 15.4. The third-order valence-corrected chi connectivity index (χ3v) is 15.4. The van der Waals surface area contributed by atoms with E-state index in [0.717, 1.165) is 22.6 Å². The minimum Gasteiger partial charge on any atom is -0.310 e. The average Bonchev–Trinajstić information content (AvgIpc) is 4.02. The molecule has 0 N–H and O–H groups in total. The van der Waals surface area contributed by atoms with Gasteiger partial charge in [0.2, 0.25) is 0 Å². The second-order valence-corrected chi connectivity index (χ2v) is 18.6. The number of rotatable bonds is 7. The molecule has 11 aromatic carbocycles. The maximum atomic E-state index is 2.52. The van der Waals surface area contributed by atoms with Gasteiger partial charge in [-0.1, -0.05) is 243 Å². The van der Waals surface area contributed by atoms with Crippen molar-refractivity contribution in [1.82, 2.24) is 0 Å². The molecule has 14 rings (SSSR count). The zero-order chi connectivity index (χ0) is 45.5. The van der Waals surface area contributed by atoms with Crippen LogP contribution in [-0.2, 0) is 10.8 Å². The normalized spacial score (nSPS) is 13.7. The van der Waals surface area contributed by atoms with E-state index < -0.39 is 10.8 Å². The van der Waals surface area contributed by atoms with E-state index >= 15 is 0 Å². The van der Waals surface area contributed by atoms with Gasteiger partial charge in [0.05, 0.1) is 16.5 Å². The fraction of sp³-hybridized carbons (Fsp3) is 0.0294. The summed E-state index contributed by atoms with van der Waals surface area (Å²) in [5, 5.41) is 0. The molecule has 0 radical (unpaired) electrons. The van der Waals surface area contributed by atoms with Gasteiger partial charge >= 0.3 is 0 Å². The van der Waals surface area contributed by atoms with Crippen molar-refractivity contribution in [2.24, 2.45) is 0 Å². The van der Waals surface area contributed by atoms with Crippen LogP contribution in [0.1, 0.15) is 44.5 Å². The fourth-order valence-corrected chi connectivity index (χ4v) is 12.7. The number of para-hydroxylation sites is 1. The van der Waals surface area contributed by atoms with E-state index in [1.54, 1.807) is 0 Å². The van der Waals surface area contributed by atoms with E-state index in [0.29, 0.717) is 0 Å². The third kappa shape index (κ3) is 5.53. The van der Waals surface area contributed by atoms with E-state index in [2.05, 4.69) is 278 Å². The molecule has 322 valence electrons. The van der Waals surface area contributed by atoms with Gasteiger partial charge in [-0.25, -0.2) is 0 Å². The first-order chi connectivity index (χ1) is 34.3. The Kier molecular flexibility index (Phi) is 8.78. The molecular weight excluding hydrogens is 831 g/mol. The molecule has 1 nitrogen and oxygen atoms in total. The maximum absolute atomic E-state index is 2.52. The summed E-state index contributed by atoms with van der Waals surface area (Å²) in [6.45, 7) is 0. The van der Waals surface area contributed by atoms with Crippen LogP contribution in [0.4, 0.5) is 17.1 Å². The first kappa shape index (κ1) is 39.4. The predicted molar refractivity (Wildman–Crippen MR) is 286 cm³/mol. The van der Waals surface area contributed by atoms with Gasteiger partial charge < -0.3 is 4.90 Å². The van der Waals surface area contributed by atoms with Gasteiger partial charge in [0.25, 0.3) is 0 Å². The highest BCUT2D eigenvalue weighted by Crippen LogP contribution is 2.65. The Morgan fingerprint density at radius 1 is 0.232 bits per heavy atom. The molecule has 0 fully saturated rings. The van der Waals surface area contributed by atoms with Crippen molar-refractivity contribution < 1.29 is 0 Å². The topological polar surface area (TPSA) is 3.24 Å². The standard InChI is InChI=1S/C68H45N/c1-5-22-46(23-6-1)47-40-42-56(57-34-21-39-63-66(57)58-33-16-20-38-62(58)68(63)60-36-18-14-30-52(60)53-31-15-19-37-61(53)68)65(44-47)69(50-28-11-4-12-29-50)51-41-43-55-54-32-13-17-35-59(54)67(64(55)45-51,48-24-7-2-8-25-48)49-26-9-3-10-27-49/h1-45H. The molecule has 0 heterocycles. The Bertz CT molecular complexity index is 3690. The lowest BCUT2D eigenvalue weighted by atomic mass is 9.67. The van der Waals surface area contributed by atoms with Crippen molar-refractivity contribution >= 4 is 17.1 Å². The van der Waals surface area contributed by atoms with Crippen molar-refractivity contribution in [2.45, 2.75) is 10.8 Å². The number of anilines is 3. The Hall–Kier alpha value is -8.78. The molecule has 0 saturated carbocycles. The Labute approximate surface area is 403 Å². The molecule has 0 amide bonds. The number of fused-ring (bicyclic) bond motifs is 13. The molecule has 3 aliphatic carbocycles. The van der Waals surface area contributed by atoms with E-state index in [4.69, 9.17) is 0 Å². The van der Waals surface area contributed by atoms with Crippen molar-refractivity contribution in [3.8, 4) is 55.6 Å². The van der Waals surface area contributed by atoms with Gasteiger partial charge in [-0.15, -0.1) is 0 Å². The highest BCUT2D eigenvalue weighted by Gasteiger charge is 2.52. The number of hydrogen-bond acceptors (Lipinski definition) is 1. The number of hydrogen-bond donors (Lipinski definition) is 0. The van der Waals surface area contributed by atoms with Crippen LogP contribution in [0.3, 0.4) is 0 Å². The zero-order valence-electron chi connectivity index (χ0n) is 37.9. The highest BCUT2D eigenvalue weighted by molar-refractivity contribution is 6.03. The van der Waals surface area contributed by atoms with Crippen LogP contribution in [0.15, 0.2) is 273 Å². The minimum atomic E-state index is -0.548. The predicted octanol–water partition coefficient (Wildman–Crippen LogP) is 17.2. The number of nitrogens with zero attached hydrogens (tertiary/aromatic N) is 1. The Morgan fingerprint density at radius 3 is 1.26 bits per heavy atom. The summed E-state index contributed by atoms with van der Waals surface area (Å²) in [7, 11) is 0. The van der Waals surface area contributed by atoms with Gasteiger partial charge in [0, 0.05) is 16.9 Å². The van der Waals surface area contributed by atoms with Crippen LogP contribution in [0, 0.1) is 0 Å². The molecule has 0 bridgehead atoms. The second-order valence-electron chi connectivity index (χ2n) is 18.6. The van der Waals surface area contributed by atoms with Gasteiger partial charge in [0.15, 0.2) is 0 Å². The lowest BCUT2D eigenvalue weighted by Gasteiger charge is -2.35. The molecule has 69 heavy (non-hydrogen) atoms. The highest BCUT2D eigenvalue weighted by atomic mass is 15.1. The summed E-state index contributed by atoms with van der Waals surface area (Å²) >= 11 is 0. The first-order valence-corrected chi connectivity index (χ1v) is 24.1. The molecule has 0 saturated heterocycles. The smallest absolute Gasteiger partial charge is 0.0725 e. The van der Waals surface area contributed by atoms with E-state index in [-0.39, 0.29) is 0 Å². The average molecular weight is 876 g/mol. The summed E-state index contributed by atoms with van der Waals surface area (Å²) in [5.74, 6) is 0. The SMILES string of the molecule is c1ccc(-c2ccc(-c3cccc4c3-c3ccccc3C43c4ccccc4-c4ccccc43)c(N(c3ccccc3)c3ccc4c(c3)C(c3ccccc3)(c3ccccc3)c3ccccc3-4)c2)cc1. The molecular formula is C68H45N. The summed E-state index contributed by atoms with van der Waals surface area (Å²) in [6, 6.07) is 102. The molecule has 0 unspecified atom stereocenters. The summed E-state index contributed by atoms with van der Waals surface area (Å²) in [5.41, 5.74) is 25.2. The van der Waals surface area contributed by atoms with E-state index in [1.165, 1.54) is 94.6 Å². The lowest BCUT2D eigenvalue weighted by Crippen LogP contribution is -2.28. The van der Waals surface area contributed by atoms with Gasteiger partial charge in [-0.3, -0.25) is 0 Å². The fourth-order valence-electron chi connectivity index (χ4n) is 12.7. The second kappa shape index (κ2) is 15.4. The maximum Gasteiger partial charge on any atom is 0.0725 e. The Balaban J connectivity index is 1.06. The monoisotopic (exact) mass is 875 g/mol.